The minimum atomic E-state index is -4.48. The molecule has 1 aromatic rings. The van der Waals surface area contributed by atoms with Crippen LogP contribution in [0.4, 0.5) is 13.2 Å². The van der Waals surface area contributed by atoms with Crippen LogP contribution in [0.2, 0.25) is 0 Å². The summed E-state index contributed by atoms with van der Waals surface area (Å²) in [6.07, 6.45) is -4.94. The average molecular weight is 348 g/mol. The molecule has 0 radical (unpaired) electrons. The summed E-state index contributed by atoms with van der Waals surface area (Å²) >= 11 is 0. The standard InChI is InChI=1S/C14H19F3N4O3/c1-8-6-11(20-24-8)12(22)19-9-2-4-21(5-3-9)13(23)10(18)7-14(15,16)17/h6,9-10H,2-5,7,18H2,1H3,(H,19,22). The van der Waals surface area contributed by atoms with Gasteiger partial charge in [0.05, 0.1) is 12.5 Å². The number of carbonyl (C=O) groups excluding carboxylic acids is 2. The van der Waals surface area contributed by atoms with Crippen LogP contribution < -0.4 is 11.1 Å². The van der Waals surface area contributed by atoms with E-state index in [1.807, 2.05) is 0 Å². The number of rotatable bonds is 4. The minimum Gasteiger partial charge on any atom is -0.361 e. The zero-order chi connectivity index (χ0) is 17.9. The van der Waals surface area contributed by atoms with Gasteiger partial charge in [-0.3, -0.25) is 9.59 Å². The first-order valence-corrected chi connectivity index (χ1v) is 7.51. The van der Waals surface area contributed by atoms with Gasteiger partial charge < -0.3 is 20.5 Å². The average Bonchev–Trinajstić information content (AvgIpc) is 2.92. The second-order valence-electron chi connectivity index (χ2n) is 5.82. The predicted octanol–water partition coefficient (Wildman–Crippen LogP) is 0.984. The number of likely N-dealkylation sites (tertiary alicyclic amines) is 1. The third-order valence-corrected chi connectivity index (χ3v) is 3.77. The lowest BCUT2D eigenvalue weighted by molar-refractivity contribution is -0.153. The van der Waals surface area contributed by atoms with Crippen LogP contribution in [-0.2, 0) is 4.79 Å². The van der Waals surface area contributed by atoms with Crippen molar-refractivity contribution >= 4 is 11.8 Å². The van der Waals surface area contributed by atoms with Crippen LogP contribution in [0.3, 0.4) is 0 Å². The maximum absolute atomic E-state index is 12.3. The molecule has 1 fully saturated rings. The van der Waals surface area contributed by atoms with Gasteiger partial charge in [-0.1, -0.05) is 5.16 Å². The minimum absolute atomic E-state index is 0.165. The highest BCUT2D eigenvalue weighted by Gasteiger charge is 2.36. The van der Waals surface area contributed by atoms with Gasteiger partial charge in [0.1, 0.15) is 5.76 Å². The van der Waals surface area contributed by atoms with E-state index in [0.717, 1.165) is 0 Å². The Hall–Kier alpha value is -2.10. The molecule has 0 aliphatic carbocycles. The van der Waals surface area contributed by atoms with Crippen molar-refractivity contribution in [2.24, 2.45) is 5.73 Å². The molecule has 134 valence electrons. The lowest BCUT2D eigenvalue weighted by atomic mass is 10.0. The van der Waals surface area contributed by atoms with E-state index < -0.39 is 24.5 Å². The number of carbonyl (C=O) groups is 2. The van der Waals surface area contributed by atoms with Gasteiger partial charge in [-0.15, -0.1) is 0 Å². The van der Waals surface area contributed by atoms with E-state index in [-0.39, 0.29) is 30.7 Å². The smallest absolute Gasteiger partial charge is 0.361 e. The Labute approximate surface area is 136 Å². The Balaban J connectivity index is 1.80. The van der Waals surface area contributed by atoms with Gasteiger partial charge in [-0.25, -0.2) is 0 Å². The fraction of sp³-hybridized carbons (Fsp3) is 0.643. The molecule has 10 heteroatoms. The van der Waals surface area contributed by atoms with E-state index in [0.29, 0.717) is 18.6 Å². The number of halogens is 3. The summed E-state index contributed by atoms with van der Waals surface area (Å²) in [5.41, 5.74) is 5.49. The largest absolute Gasteiger partial charge is 0.391 e. The highest BCUT2D eigenvalue weighted by molar-refractivity contribution is 5.92. The number of amides is 2. The lowest BCUT2D eigenvalue weighted by Crippen LogP contribution is -2.51. The normalized spacial score (nSPS) is 17.6. The number of nitrogens with one attached hydrogen (secondary N) is 1. The summed E-state index contributed by atoms with van der Waals surface area (Å²) in [6, 6.07) is -0.268. The molecule has 2 rings (SSSR count). The first kappa shape index (κ1) is 18.2. The summed E-state index contributed by atoms with van der Waals surface area (Å²) in [7, 11) is 0. The van der Waals surface area contributed by atoms with Crippen LogP contribution >= 0.6 is 0 Å². The molecule has 1 aliphatic rings. The molecule has 0 spiro atoms. The van der Waals surface area contributed by atoms with E-state index >= 15 is 0 Å². The number of aryl methyl sites for hydroxylation is 1. The highest BCUT2D eigenvalue weighted by Crippen LogP contribution is 2.22. The Morgan fingerprint density at radius 3 is 2.58 bits per heavy atom. The van der Waals surface area contributed by atoms with Crippen molar-refractivity contribution in [2.45, 2.75) is 44.4 Å². The van der Waals surface area contributed by atoms with Crippen molar-refractivity contribution < 1.29 is 27.3 Å². The van der Waals surface area contributed by atoms with Crippen molar-refractivity contribution in [1.82, 2.24) is 15.4 Å². The fourth-order valence-electron chi connectivity index (χ4n) is 2.55. The molecular formula is C14H19F3N4O3. The molecule has 1 saturated heterocycles. The van der Waals surface area contributed by atoms with Gasteiger partial charge in [0.25, 0.3) is 5.91 Å². The molecule has 7 nitrogen and oxygen atoms in total. The Morgan fingerprint density at radius 2 is 2.08 bits per heavy atom. The van der Waals surface area contributed by atoms with Crippen molar-refractivity contribution in [1.29, 1.82) is 0 Å². The van der Waals surface area contributed by atoms with Gasteiger partial charge in [0.15, 0.2) is 5.69 Å². The molecule has 0 bridgehead atoms. The number of piperidine rings is 1. The molecule has 0 aromatic carbocycles. The molecular weight excluding hydrogens is 329 g/mol. The lowest BCUT2D eigenvalue weighted by Gasteiger charge is -2.33. The predicted molar refractivity (Wildman–Crippen MR) is 77.0 cm³/mol. The molecule has 1 unspecified atom stereocenters. The number of alkyl halides is 3. The SMILES string of the molecule is Cc1cc(C(=O)NC2CCN(C(=O)C(N)CC(F)(F)F)CC2)no1. The van der Waals surface area contributed by atoms with Crippen molar-refractivity contribution in [3.63, 3.8) is 0 Å². The number of nitrogens with two attached hydrogens (primary N) is 1. The quantitative estimate of drug-likeness (QED) is 0.845. The fourth-order valence-corrected chi connectivity index (χ4v) is 2.55. The summed E-state index contributed by atoms with van der Waals surface area (Å²) in [5.74, 6) is -0.589. The number of aromatic nitrogens is 1. The first-order valence-electron chi connectivity index (χ1n) is 7.51. The molecule has 1 aliphatic heterocycles. The van der Waals surface area contributed by atoms with E-state index in [1.54, 1.807) is 6.92 Å². The van der Waals surface area contributed by atoms with Crippen LogP contribution in [-0.4, -0.2) is 53.2 Å². The summed E-state index contributed by atoms with van der Waals surface area (Å²) in [5, 5.41) is 6.37. The van der Waals surface area contributed by atoms with Crippen molar-refractivity contribution in [2.75, 3.05) is 13.1 Å². The van der Waals surface area contributed by atoms with E-state index in [4.69, 9.17) is 10.3 Å². The zero-order valence-electron chi connectivity index (χ0n) is 13.1. The molecule has 0 saturated carbocycles. The van der Waals surface area contributed by atoms with Crippen LogP contribution in [0.5, 0.6) is 0 Å². The molecule has 1 aromatic heterocycles. The Bertz CT molecular complexity index is 594. The third kappa shape index (κ3) is 4.95. The maximum Gasteiger partial charge on any atom is 0.391 e. The summed E-state index contributed by atoms with van der Waals surface area (Å²) in [6.45, 7) is 2.15. The summed E-state index contributed by atoms with van der Waals surface area (Å²) < 4.78 is 41.7. The Kier molecular flexibility index (Phi) is 5.47. The van der Waals surface area contributed by atoms with Crippen molar-refractivity contribution in [3.05, 3.63) is 17.5 Å². The highest BCUT2D eigenvalue weighted by atomic mass is 19.4. The zero-order valence-corrected chi connectivity index (χ0v) is 13.1. The van der Waals surface area contributed by atoms with Crippen LogP contribution in [0.25, 0.3) is 0 Å². The molecule has 24 heavy (non-hydrogen) atoms. The van der Waals surface area contributed by atoms with Gasteiger partial charge in [0, 0.05) is 25.2 Å². The van der Waals surface area contributed by atoms with Crippen LogP contribution in [0, 0.1) is 6.92 Å². The maximum atomic E-state index is 12.3. The van der Waals surface area contributed by atoms with E-state index in [1.165, 1.54) is 11.0 Å². The van der Waals surface area contributed by atoms with Crippen LogP contribution in [0.15, 0.2) is 10.6 Å². The molecule has 3 N–H and O–H groups in total. The van der Waals surface area contributed by atoms with E-state index in [9.17, 15) is 22.8 Å². The molecule has 1 atom stereocenters. The molecule has 2 amide bonds. The van der Waals surface area contributed by atoms with E-state index in [2.05, 4.69) is 10.5 Å². The monoisotopic (exact) mass is 348 g/mol. The second kappa shape index (κ2) is 7.20. The van der Waals surface area contributed by atoms with Gasteiger partial charge in [0.2, 0.25) is 5.91 Å². The number of hydrogen-bond acceptors (Lipinski definition) is 5. The molecule has 2 heterocycles. The third-order valence-electron chi connectivity index (χ3n) is 3.77. The summed E-state index contributed by atoms with van der Waals surface area (Å²) in [4.78, 5) is 25.2. The van der Waals surface area contributed by atoms with Crippen LogP contribution in [0.1, 0.15) is 35.5 Å². The Morgan fingerprint density at radius 1 is 1.46 bits per heavy atom. The second-order valence-corrected chi connectivity index (χ2v) is 5.82. The number of hydrogen-bond donors (Lipinski definition) is 2. The number of nitrogens with zero attached hydrogens (tertiary/aromatic N) is 2. The topological polar surface area (TPSA) is 101 Å². The first-order chi connectivity index (χ1) is 11.2. The van der Waals surface area contributed by atoms with Gasteiger partial charge in [-0.05, 0) is 19.8 Å². The van der Waals surface area contributed by atoms with Crippen molar-refractivity contribution in [3.8, 4) is 0 Å². The van der Waals surface area contributed by atoms with Gasteiger partial charge >= 0.3 is 6.18 Å². The van der Waals surface area contributed by atoms with Gasteiger partial charge in [-0.2, -0.15) is 13.2 Å².